The van der Waals surface area contributed by atoms with E-state index in [2.05, 4.69) is 79.8 Å². The fourth-order valence-electron chi connectivity index (χ4n) is 4.83. The maximum absolute atomic E-state index is 12.4. The first kappa shape index (κ1) is 24.4. The van der Waals surface area contributed by atoms with E-state index in [0.29, 0.717) is 19.0 Å². The summed E-state index contributed by atoms with van der Waals surface area (Å²) in [5.74, 6) is 0.718. The minimum atomic E-state index is 0.125. The van der Waals surface area contributed by atoms with Crippen molar-refractivity contribution in [2.24, 2.45) is 0 Å². The van der Waals surface area contributed by atoms with Crippen molar-refractivity contribution in [3.8, 4) is 11.3 Å². The molecule has 0 unspecified atom stereocenters. The standard InChI is InChI=1S/C28H35N7O/c1-33-13-3-11-29-27(36)21-35-16-14-34(15-17-35)20-23-4-2-5-25(18-23)31-28-30-12-10-26(32-28)24-8-6-22(19-33)7-9-24/h2,4-10,12,18H,3,11,13-17,19-21H2,1H3,(H,29,36)(H,30,31,32). The number of hydrogen-bond donors (Lipinski definition) is 2. The van der Waals surface area contributed by atoms with E-state index in [9.17, 15) is 4.79 Å². The molecule has 0 atom stereocenters. The van der Waals surface area contributed by atoms with Crippen LogP contribution in [0.15, 0.2) is 60.8 Å². The second kappa shape index (κ2) is 11.6. The Morgan fingerprint density at radius 2 is 1.61 bits per heavy atom. The summed E-state index contributed by atoms with van der Waals surface area (Å²) in [5.41, 5.74) is 5.44. The van der Waals surface area contributed by atoms with Gasteiger partial charge in [0.2, 0.25) is 11.9 Å². The lowest BCUT2D eigenvalue weighted by Crippen LogP contribution is -2.49. The van der Waals surface area contributed by atoms with Crippen LogP contribution in [0.4, 0.5) is 11.6 Å². The van der Waals surface area contributed by atoms with Gasteiger partial charge < -0.3 is 15.5 Å². The van der Waals surface area contributed by atoms with E-state index in [-0.39, 0.29) is 5.91 Å². The molecule has 1 fully saturated rings. The fraction of sp³-hybridized carbons (Fsp3) is 0.393. The van der Waals surface area contributed by atoms with E-state index in [1.165, 1.54) is 11.1 Å². The van der Waals surface area contributed by atoms with Gasteiger partial charge in [-0.15, -0.1) is 0 Å². The Hall–Kier alpha value is -3.33. The van der Waals surface area contributed by atoms with Gasteiger partial charge in [0.15, 0.2) is 0 Å². The Balaban J connectivity index is 1.35. The first-order valence-electron chi connectivity index (χ1n) is 12.8. The van der Waals surface area contributed by atoms with Gasteiger partial charge in [0, 0.05) is 63.3 Å². The molecule has 1 saturated heterocycles. The van der Waals surface area contributed by atoms with Gasteiger partial charge in [-0.3, -0.25) is 14.6 Å². The van der Waals surface area contributed by atoms with E-state index in [1.54, 1.807) is 6.20 Å². The Labute approximate surface area is 213 Å². The average molecular weight is 486 g/mol. The summed E-state index contributed by atoms with van der Waals surface area (Å²) in [6, 6.07) is 18.9. The molecular formula is C28H35N7O. The predicted molar refractivity (Wildman–Crippen MR) is 143 cm³/mol. The summed E-state index contributed by atoms with van der Waals surface area (Å²) < 4.78 is 0. The highest BCUT2D eigenvalue weighted by atomic mass is 16.2. The maximum Gasteiger partial charge on any atom is 0.234 e. The topological polar surface area (TPSA) is 76.6 Å². The molecule has 8 nitrogen and oxygen atoms in total. The molecule has 36 heavy (non-hydrogen) atoms. The van der Waals surface area contributed by atoms with Crippen molar-refractivity contribution < 1.29 is 4.79 Å². The number of carbonyl (C=O) groups is 1. The number of benzene rings is 2. The van der Waals surface area contributed by atoms with Crippen LogP contribution in [0.1, 0.15) is 17.5 Å². The smallest absolute Gasteiger partial charge is 0.234 e. The zero-order valence-corrected chi connectivity index (χ0v) is 21.0. The summed E-state index contributed by atoms with van der Waals surface area (Å²) in [5, 5.41) is 6.48. The number of carbonyl (C=O) groups excluding carboxylic acids is 1. The second-order valence-corrected chi connectivity index (χ2v) is 9.78. The molecular weight excluding hydrogens is 450 g/mol. The third-order valence-corrected chi connectivity index (χ3v) is 6.82. The van der Waals surface area contributed by atoms with Crippen LogP contribution in [0.2, 0.25) is 0 Å². The third-order valence-electron chi connectivity index (χ3n) is 6.82. The number of nitrogens with one attached hydrogen (secondary N) is 2. The number of rotatable bonds is 0. The molecule has 2 aromatic carbocycles. The molecule has 3 aromatic rings. The van der Waals surface area contributed by atoms with Gasteiger partial charge >= 0.3 is 0 Å². The van der Waals surface area contributed by atoms with E-state index in [1.807, 2.05) is 12.1 Å². The van der Waals surface area contributed by atoms with Gasteiger partial charge in [0.05, 0.1) is 12.2 Å². The quantitative estimate of drug-likeness (QED) is 0.507. The van der Waals surface area contributed by atoms with Crippen molar-refractivity contribution in [1.82, 2.24) is 30.0 Å². The van der Waals surface area contributed by atoms with E-state index in [4.69, 9.17) is 4.98 Å². The Morgan fingerprint density at radius 3 is 2.42 bits per heavy atom. The molecule has 8 heteroatoms. The summed E-state index contributed by atoms with van der Waals surface area (Å²) >= 11 is 0. The van der Waals surface area contributed by atoms with Crippen LogP contribution in [0, 0.1) is 0 Å². The summed E-state index contributed by atoms with van der Waals surface area (Å²) in [7, 11) is 2.12. The van der Waals surface area contributed by atoms with Gasteiger partial charge in [0.25, 0.3) is 0 Å². The molecule has 5 aliphatic rings. The highest BCUT2D eigenvalue weighted by molar-refractivity contribution is 5.78. The molecule has 0 spiro atoms. The minimum absolute atomic E-state index is 0.125. The zero-order valence-electron chi connectivity index (χ0n) is 21.0. The molecule has 8 bridgehead atoms. The van der Waals surface area contributed by atoms with Crippen LogP contribution in [-0.2, 0) is 17.9 Å². The largest absolute Gasteiger partial charge is 0.355 e. The van der Waals surface area contributed by atoms with Crippen molar-refractivity contribution in [1.29, 1.82) is 0 Å². The summed E-state index contributed by atoms with van der Waals surface area (Å²) in [4.78, 5) is 28.6. The monoisotopic (exact) mass is 485 g/mol. The Morgan fingerprint density at radius 1 is 0.833 bits per heavy atom. The molecule has 5 aliphatic heterocycles. The Kier molecular flexibility index (Phi) is 7.85. The minimum Gasteiger partial charge on any atom is -0.355 e. The SMILES string of the molecule is CN1CCCNC(=O)CN2CCN(CC2)Cc2cccc(c2)Nc2nccc(n2)-c2ccc(cc2)C1. The van der Waals surface area contributed by atoms with Crippen LogP contribution in [0.25, 0.3) is 11.3 Å². The highest BCUT2D eigenvalue weighted by Gasteiger charge is 2.19. The molecule has 188 valence electrons. The van der Waals surface area contributed by atoms with Crippen molar-refractivity contribution >= 4 is 17.5 Å². The van der Waals surface area contributed by atoms with Gasteiger partial charge in [-0.2, -0.15) is 0 Å². The van der Waals surface area contributed by atoms with Crippen LogP contribution in [0.5, 0.6) is 0 Å². The number of anilines is 2. The fourth-order valence-corrected chi connectivity index (χ4v) is 4.83. The van der Waals surface area contributed by atoms with Crippen molar-refractivity contribution in [3.63, 3.8) is 0 Å². The molecule has 1 amide bonds. The van der Waals surface area contributed by atoms with Crippen molar-refractivity contribution in [3.05, 3.63) is 71.9 Å². The lowest BCUT2D eigenvalue weighted by Gasteiger charge is -2.34. The summed E-state index contributed by atoms with van der Waals surface area (Å²) in [6.07, 6.45) is 2.74. The first-order chi connectivity index (χ1) is 17.6. The second-order valence-electron chi connectivity index (χ2n) is 9.78. The van der Waals surface area contributed by atoms with Crippen LogP contribution in [0.3, 0.4) is 0 Å². The van der Waals surface area contributed by atoms with Gasteiger partial charge in [-0.1, -0.05) is 36.4 Å². The van der Waals surface area contributed by atoms with E-state index in [0.717, 1.165) is 69.2 Å². The summed E-state index contributed by atoms with van der Waals surface area (Å²) in [6.45, 7) is 7.61. The van der Waals surface area contributed by atoms with Gasteiger partial charge in [-0.25, -0.2) is 9.97 Å². The Bertz CT molecular complexity index is 1160. The number of aromatic nitrogens is 2. The maximum atomic E-state index is 12.4. The lowest BCUT2D eigenvalue weighted by molar-refractivity contribution is -0.122. The van der Waals surface area contributed by atoms with Crippen molar-refractivity contribution in [2.75, 3.05) is 58.2 Å². The van der Waals surface area contributed by atoms with E-state index >= 15 is 0 Å². The molecule has 0 aliphatic carbocycles. The first-order valence-corrected chi connectivity index (χ1v) is 12.8. The molecule has 2 N–H and O–H groups in total. The molecule has 0 radical (unpaired) electrons. The van der Waals surface area contributed by atoms with Gasteiger partial charge in [-0.05, 0) is 49.3 Å². The molecule has 6 heterocycles. The van der Waals surface area contributed by atoms with Crippen LogP contribution in [-0.4, -0.2) is 83.4 Å². The molecule has 8 rings (SSSR count). The molecule has 0 saturated carbocycles. The van der Waals surface area contributed by atoms with Crippen LogP contribution < -0.4 is 10.6 Å². The molecule has 1 aromatic heterocycles. The average Bonchev–Trinajstić information content (AvgIpc) is 2.88. The van der Waals surface area contributed by atoms with Crippen molar-refractivity contribution in [2.45, 2.75) is 19.5 Å². The highest BCUT2D eigenvalue weighted by Crippen LogP contribution is 2.21. The van der Waals surface area contributed by atoms with E-state index < -0.39 is 0 Å². The van der Waals surface area contributed by atoms with Crippen LogP contribution >= 0.6 is 0 Å². The zero-order chi connectivity index (χ0) is 24.7. The third kappa shape index (κ3) is 6.66. The number of hydrogen-bond acceptors (Lipinski definition) is 7. The number of nitrogens with zero attached hydrogens (tertiary/aromatic N) is 5. The predicted octanol–water partition coefficient (Wildman–Crippen LogP) is 2.96. The van der Waals surface area contributed by atoms with Gasteiger partial charge in [0.1, 0.15) is 0 Å². The lowest BCUT2D eigenvalue weighted by atomic mass is 10.1. The number of piperazine rings is 1. The normalized spacial score (nSPS) is 21.9. The number of amides is 1.